The molecule has 7 nitrogen and oxygen atoms in total. The first-order valence-corrected chi connectivity index (χ1v) is 8.08. The van der Waals surface area contributed by atoms with Crippen molar-refractivity contribution in [3.63, 3.8) is 0 Å². The smallest absolute Gasteiger partial charge is 0.329 e. The van der Waals surface area contributed by atoms with Gasteiger partial charge in [-0.05, 0) is 69.0 Å². The molecule has 0 bridgehead atoms. The van der Waals surface area contributed by atoms with Gasteiger partial charge in [0.15, 0.2) is 0 Å². The van der Waals surface area contributed by atoms with Gasteiger partial charge < -0.3 is 15.2 Å². The van der Waals surface area contributed by atoms with E-state index in [2.05, 4.69) is 50.5 Å². The normalized spacial score (nSPS) is 16.1. The molecule has 116 valence electrons. The van der Waals surface area contributed by atoms with Crippen molar-refractivity contribution in [2.75, 3.05) is 13.7 Å². The molecule has 22 heavy (non-hydrogen) atoms. The molecule has 1 aromatic carbocycles. The van der Waals surface area contributed by atoms with Crippen LogP contribution in [0.15, 0.2) is 17.8 Å². The van der Waals surface area contributed by atoms with Crippen LogP contribution in [0.4, 0.5) is 4.79 Å². The second-order valence-corrected chi connectivity index (χ2v) is 6.62. The van der Waals surface area contributed by atoms with Crippen molar-refractivity contribution in [3.05, 3.63) is 30.5 Å². The van der Waals surface area contributed by atoms with Crippen molar-refractivity contribution in [3.8, 4) is 5.75 Å². The zero-order valence-corrected chi connectivity index (χ0v) is 15.5. The Morgan fingerprint density at radius 2 is 1.95 bits per heavy atom. The number of carboxylic acids is 1. The van der Waals surface area contributed by atoms with Gasteiger partial charge in [-0.3, -0.25) is 9.59 Å². The van der Waals surface area contributed by atoms with Crippen molar-refractivity contribution in [2.45, 2.75) is 0 Å². The Hall–Kier alpha value is -1.37. The summed E-state index contributed by atoms with van der Waals surface area (Å²) in [6.07, 6.45) is 1.51. The van der Waals surface area contributed by atoms with Gasteiger partial charge in [-0.1, -0.05) is 0 Å². The second kappa shape index (κ2) is 6.81. The van der Waals surface area contributed by atoms with E-state index in [1.807, 2.05) is 0 Å². The molecule has 0 saturated carbocycles. The Morgan fingerprint density at radius 1 is 1.36 bits per heavy atom. The Kier molecular flexibility index (Phi) is 5.26. The minimum atomic E-state index is -1.25. The van der Waals surface area contributed by atoms with Gasteiger partial charge in [0.05, 0.1) is 14.3 Å². The van der Waals surface area contributed by atoms with Gasteiger partial charge >= 0.3 is 12.0 Å². The lowest BCUT2D eigenvalue weighted by Gasteiger charge is -2.08. The van der Waals surface area contributed by atoms with E-state index in [9.17, 15) is 14.4 Å². The first kappa shape index (κ1) is 17.0. The van der Waals surface area contributed by atoms with Crippen LogP contribution in [-0.2, 0) is 9.59 Å². The Balaban J connectivity index is 2.33. The summed E-state index contributed by atoms with van der Waals surface area (Å²) in [6.45, 7) is -0.667. The van der Waals surface area contributed by atoms with Crippen LogP contribution < -0.4 is 10.1 Å². The maximum absolute atomic E-state index is 12.0. The second-order valence-electron chi connectivity index (χ2n) is 4.29. The van der Waals surface area contributed by atoms with Gasteiger partial charge in [-0.15, -0.1) is 0 Å². The SMILES string of the molecule is COc1c(I)cc(/C=C2/NC(=O)N(CC(=O)O)C2=O)cc1I. The molecule has 1 fully saturated rings. The number of halogens is 2. The van der Waals surface area contributed by atoms with E-state index in [1.54, 1.807) is 19.2 Å². The molecule has 3 amide bonds. The summed E-state index contributed by atoms with van der Waals surface area (Å²) in [5.41, 5.74) is 0.749. The molecule has 0 radical (unpaired) electrons. The van der Waals surface area contributed by atoms with Crippen molar-refractivity contribution >= 4 is 69.2 Å². The average Bonchev–Trinajstić information content (AvgIpc) is 2.66. The molecular formula is C13H10I2N2O5. The molecule has 1 heterocycles. The molecule has 1 saturated heterocycles. The van der Waals surface area contributed by atoms with E-state index >= 15 is 0 Å². The van der Waals surface area contributed by atoms with Gasteiger partial charge in [0.2, 0.25) is 0 Å². The van der Waals surface area contributed by atoms with Crippen molar-refractivity contribution in [1.82, 2.24) is 10.2 Å². The number of rotatable bonds is 4. The molecule has 1 aromatic rings. The number of carbonyl (C=O) groups is 3. The fraction of sp³-hybridized carbons (Fsp3) is 0.154. The van der Waals surface area contributed by atoms with Gasteiger partial charge in [-0.2, -0.15) is 0 Å². The maximum atomic E-state index is 12.0. The van der Waals surface area contributed by atoms with Crippen LogP contribution >= 0.6 is 45.2 Å². The number of hydrogen-bond donors (Lipinski definition) is 2. The van der Waals surface area contributed by atoms with Crippen LogP contribution in [-0.4, -0.2) is 41.6 Å². The van der Waals surface area contributed by atoms with Crippen LogP contribution in [0.25, 0.3) is 6.08 Å². The molecule has 0 unspecified atom stereocenters. The first-order chi connectivity index (χ1) is 10.3. The highest BCUT2D eigenvalue weighted by molar-refractivity contribution is 14.1. The van der Waals surface area contributed by atoms with E-state index < -0.39 is 24.5 Å². The number of amides is 3. The number of urea groups is 1. The predicted molar refractivity (Wildman–Crippen MR) is 94.3 cm³/mol. The van der Waals surface area contributed by atoms with Crippen LogP contribution in [0.1, 0.15) is 5.56 Å². The molecule has 0 aromatic heterocycles. The average molecular weight is 528 g/mol. The lowest BCUT2D eigenvalue weighted by Crippen LogP contribution is -2.35. The Morgan fingerprint density at radius 3 is 2.45 bits per heavy atom. The van der Waals surface area contributed by atoms with Gasteiger partial charge in [0, 0.05) is 0 Å². The van der Waals surface area contributed by atoms with E-state index in [0.717, 1.165) is 12.9 Å². The largest absolute Gasteiger partial charge is 0.495 e. The fourth-order valence-electron chi connectivity index (χ4n) is 1.87. The molecular weight excluding hydrogens is 518 g/mol. The quantitative estimate of drug-likeness (QED) is 0.354. The van der Waals surface area contributed by atoms with Gasteiger partial charge in [0.25, 0.3) is 5.91 Å². The molecule has 0 aliphatic carbocycles. The van der Waals surface area contributed by atoms with Crippen LogP contribution in [0, 0.1) is 7.14 Å². The zero-order chi connectivity index (χ0) is 16.4. The number of methoxy groups -OCH3 is 1. The molecule has 0 spiro atoms. The van der Waals surface area contributed by atoms with Crippen molar-refractivity contribution in [2.24, 2.45) is 0 Å². The lowest BCUT2D eigenvalue weighted by atomic mass is 10.2. The van der Waals surface area contributed by atoms with Crippen LogP contribution in [0.5, 0.6) is 5.75 Å². The highest BCUT2D eigenvalue weighted by atomic mass is 127. The summed E-state index contributed by atoms with van der Waals surface area (Å²) in [5, 5.41) is 11.1. The third-order valence-corrected chi connectivity index (χ3v) is 4.39. The summed E-state index contributed by atoms with van der Waals surface area (Å²) in [4.78, 5) is 35.0. The minimum absolute atomic E-state index is 0.0445. The van der Waals surface area contributed by atoms with E-state index in [1.165, 1.54) is 6.08 Å². The van der Waals surface area contributed by atoms with Gasteiger partial charge in [-0.25, -0.2) is 9.69 Å². The molecule has 0 atom stereocenters. The van der Waals surface area contributed by atoms with E-state index in [-0.39, 0.29) is 5.70 Å². The third kappa shape index (κ3) is 3.51. The number of nitrogens with zero attached hydrogens (tertiary/aromatic N) is 1. The monoisotopic (exact) mass is 528 g/mol. The van der Waals surface area contributed by atoms with Crippen LogP contribution in [0.2, 0.25) is 0 Å². The summed E-state index contributed by atoms with van der Waals surface area (Å²) < 4.78 is 6.97. The van der Waals surface area contributed by atoms with Crippen LogP contribution in [0.3, 0.4) is 0 Å². The summed E-state index contributed by atoms with van der Waals surface area (Å²) in [7, 11) is 1.57. The highest BCUT2D eigenvalue weighted by Gasteiger charge is 2.34. The number of benzene rings is 1. The summed E-state index contributed by atoms with van der Waals surface area (Å²) >= 11 is 4.22. The number of hydrogen-bond acceptors (Lipinski definition) is 4. The topological polar surface area (TPSA) is 95.9 Å². The molecule has 1 aliphatic rings. The number of carbonyl (C=O) groups excluding carboxylic acids is 2. The van der Waals surface area contributed by atoms with Gasteiger partial charge in [0.1, 0.15) is 18.0 Å². The van der Waals surface area contributed by atoms with Crippen molar-refractivity contribution < 1.29 is 24.2 Å². The highest BCUT2D eigenvalue weighted by Crippen LogP contribution is 2.29. The minimum Gasteiger partial charge on any atom is -0.495 e. The number of ether oxygens (including phenoxy) is 1. The van der Waals surface area contributed by atoms with E-state index in [0.29, 0.717) is 10.5 Å². The predicted octanol–water partition coefficient (Wildman–Crippen LogP) is 1.88. The standard InChI is InChI=1S/C13H10I2N2O5/c1-22-11-7(14)2-6(3-8(11)15)4-9-12(20)17(5-10(18)19)13(21)16-9/h2-4H,5H2,1H3,(H,16,21)(H,18,19)/b9-4+. The molecule has 9 heteroatoms. The van der Waals surface area contributed by atoms with Crippen molar-refractivity contribution in [1.29, 1.82) is 0 Å². The summed E-state index contributed by atoms with van der Waals surface area (Å²) in [5.74, 6) is -1.18. The number of carboxylic acid groups (broad SMARTS) is 1. The third-order valence-electron chi connectivity index (χ3n) is 2.79. The molecule has 1 aliphatic heterocycles. The number of imide groups is 1. The zero-order valence-electron chi connectivity index (χ0n) is 11.2. The first-order valence-electron chi connectivity index (χ1n) is 5.93. The maximum Gasteiger partial charge on any atom is 0.329 e. The van der Waals surface area contributed by atoms with E-state index in [4.69, 9.17) is 9.84 Å². The molecule has 2 rings (SSSR count). The number of aliphatic carboxylic acids is 1. The number of nitrogens with one attached hydrogen (secondary N) is 1. The fourth-order valence-corrected chi connectivity index (χ4v) is 4.13. The Labute approximate surface area is 153 Å². The summed E-state index contributed by atoms with van der Waals surface area (Å²) in [6, 6.07) is 2.86. The Bertz CT molecular complexity index is 679. The molecule has 2 N–H and O–H groups in total. The lowest BCUT2D eigenvalue weighted by molar-refractivity contribution is -0.140.